The van der Waals surface area contributed by atoms with Crippen LogP contribution in [-0.4, -0.2) is 38.5 Å². The molecule has 48 heavy (non-hydrogen) atoms. The van der Waals surface area contributed by atoms with Crippen LogP contribution in [0, 0.1) is 51.2 Å². The molecule has 266 valence electrons. The Hall–Kier alpha value is -1.92. The van der Waals surface area contributed by atoms with Crippen LogP contribution in [0.3, 0.4) is 0 Å². The molecule has 1 aromatic carbocycles. The van der Waals surface area contributed by atoms with E-state index in [0.717, 1.165) is 13.0 Å². The van der Waals surface area contributed by atoms with Crippen molar-refractivity contribution in [2.75, 3.05) is 18.1 Å². The van der Waals surface area contributed by atoms with Gasteiger partial charge in [0.1, 0.15) is 15.6 Å². The number of ether oxygens (including phenoxy) is 1. The standard InChI is InChI=1S/C42H63NO4S/c1-9-26-48(45,46)27-10-25-43-42-22-17-32(29(2)3)37(42)34-15-16-36-39(6)20-18-33(30-11-13-31(14-12-30)47-28-44)38(4,5)35(39)19-21-41(36,8)40(34,7)23-24-42/h11-14,18,28,32,34-37,43H,2,9-10,15-17,19-27H2,1,3-8H3/t32-,34+,35-,36+,37+,39-,40+,41+,42-/m0/s1. The first-order valence-corrected chi connectivity index (χ1v) is 20.9. The molecular formula is C42H63NO4S. The summed E-state index contributed by atoms with van der Waals surface area (Å²) in [5.74, 6) is 4.25. The lowest BCUT2D eigenvalue weighted by Gasteiger charge is -2.72. The SMILES string of the molecule is C=C(C)[C@@H]1CC[C@]2(NCCCS(=O)(=O)CCC)CC[C@]3(C)[C@H](CC[C@@H]4[C@@]5(C)CC=C(c6ccc(OC=O)cc6)C(C)(C)[C@@H]5CC[C@]43C)[C@@H]12. The second kappa shape index (κ2) is 12.7. The smallest absolute Gasteiger partial charge is 0.298 e. The van der Waals surface area contributed by atoms with E-state index in [1.807, 2.05) is 19.1 Å². The summed E-state index contributed by atoms with van der Waals surface area (Å²) in [7, 11) is -2.96. The predicted octanol–water partition coefficient (Wildman–Crippen LogP) is 9.43. The summed E-state index contributed by atoms with van der Waals surface area (Å²) >= 11 is 0. The monoisotopic (exact) mass is 677 g/mol. The quantitative estimate of drug-likeness (QED) is 0.144. The Balaban J connectivity index is 1.27. The summed E-state index contributed by atoms with van der Waals surface area (Å²) in [5, 5.41) is 4.09. The average molecular weight is 678 g/mol. The van der Waals surface area contributed by atoms with E-state index < -0.39 is 9.84 Å². The van der Waals surface area contributed by atoms with E-state index >= 15 is 0 Å². The Kier molecular flexibility index (Phi) is 9.49. The van der Waals surface area contributed by atoms with Crippen molar-refractivity contribution in [2.45, 2.75) is 125 Å². The highest BCUT2D eigenvalue weighted by Crippen LogP contribution is 2.76. The third-order valence-electron chi connectivity index (χ3n) is 15.6. The Morgan fingerprint density at radius 2 is 1.67 bits per heavy atom. The zero-order valence-electron chi connectivity index (χ0n) is 31.0. The minimum Gasteiger partial charge on any atom is -0.429 e. The maximum absolute atomic E-state index is 12.5. The molecule has 6 rings (SSSR count). The van der Waals surface area contributed by atoms with Gasteiger partial charge in [0.05, 0.1) is 5.75 Å². The number of nitrogens with one attached hydrogen (secondary N) is 1. The summed E-state index contributed by atoms with van der Waals surface area (Å²) in [6.07, 6.45) is 15.1. The van der Waals surface area contributed by atoms with Gasteiger partial charge in [0, 0.05) is 11.3 Å². The molecule has 0 radical (unpaired) electrons. The molecular weight excluding hydrogens is 615 g/mol. The highest BCUT2D eigenvalue weighted by atomic mass is 32.2. The van der Waals surface area contributed by atoms with Crippen LogP contribution < -0.4 is 10.1 Å². The van der Waals surface area contributed by atoms with Gasteiger partial charge >= 0.3 is 0 Å². The number of carbonyl (C=O) groups excluding carboxylic acids is 1. The average Bonchev–Trinajstić information content (AvgIpc) is 3.40. The molecule has 0 aromatic heterocycles. The van der Waals surface area contributed by atoms with Crippen LogP contribution in [0.1, 0.15) is 125 Å². The van der Waals surface area contributed by atoms with Gasteiger partial charge in [0.2, 0.25) is 0 Å². The second-order valence-electron chi connectivity index (χ2n) is 18.1. The summed E-state index contributed by atoms with van der Waals surface area (Å²) in [6, 6.07) is 8.09. The molecule has 6 heteroatoms. The van der Waals surface area contributed by atoms with Gasteiger partial charge in [-0.1, -0.05) is 71.9 Å². The molecule has 0 amide bonds. The van der Waals surface area contributed by atoms with E-state index in [0.29, 0.717) is 66.2 Å². The first-order valence-electron chi connectivity index (χ1n) is 19.1. The van der Waals surface area contributed by atoms with E-state index in [1.165, 1.54) is 68.1 Å². The molecule has 0 spiro atoms. The van der Waals surface area contributed by atoms with Crippen LogP contribution in [-0.2, 0) is 14.6 Å². The van der Waals surface area contributed by atoms with Gasteiger partial charge < -0.3 is 10.1 Å². The maximum atomic E-state index is 12.5. The highest BCUT2D eigenvalue weighted by molar-refractivity contribution is 7.91. The molecule has 0 aliphatic heterocycles. The second-order valence-corrected chi connectivity index (χ2v) is 20.4. The molecule has 5 nitrogen and oxygen atoms in total. The molecule has 5 aliphatic carbocycles. The molecule has 1 N–H and O–H groups in total. The van der Waals surface area contributed by atoms with Gasteiger partial charge in [0.25, 0.3) is 6.47 Å². The molecule has 9 atom stereocenters. The molecule has 0 bridgehead atoms. The molecule has 1 aromatic rings. The zero-order chi connectivity index (χ0) is 34.8. The fourth-order valence-corrected chi connectivity index (χ4v) is 14.8. The van der Waals surface area contributed by atoms with Crippen LogP contribution in [0.15, 0.2) is 42.5 Å². The van der Waals surface area contributed by atoms with Gasteiger partial charge in [-0.25, -0.2) is 8.42 Å². The van der Waals surface area contributed by atoms with Crippen molar-refractivity contribution in [3.63, 3.8) is 0 Å². The number of allylic oxidation sites excluding steroid dienone is 3. The summed E-state index contributed by atoms with van der Waals surface area (Å²) in [4.78, 5) is 10.9. The van der Waals surface area contributed by atoms with E-state index in [1.54, 1.807) is 0 Å². The first-order chi connectivity index (χ1) is 22.6. The van der Waals surface area contributed by atoms with Crippen LogP contribution in [0.5, 0.6) is 5.75 Å². The Bertz CT molecular complexity index is 1530. The minimum absolute atomic E-state index is 0.0475. The fourth-order valence-electron chi connectivity index (χ4n) is 13.4. The summed E-state index contributed by atoms with van der Waals surface area (Å²) < 4.78 is 30.1. The van der Waals surface area contributed by atoms with Crippen molar-refractivity contribution in [3.8, 4) is 5.75 Å². The molecule has 0 unspecified atom stereocenters. The highest BCUT2D eigenvalue weighted by Gasteiger charge is 2.70. The number of hydrogen-bond donors (Lipinski definition) is 1. The van der Waals surface area contributed by atoms with Crippen molar-refractivity contribution in [1.29, 1.82) is 0 Å². The van der Waals surface area contributed by atoms with Gasteiger partial charge in [-0.3, -0.25) is 4.79 Å². The minimum atomic E-state index is -2.96. The predicted molar refractivity (Wildman–Crippen MR) is 197 cm³/mol. The van der Waals surface area contributed by atoms with E-state index in [4.69, 9.17) is 4.74 Å². The first kappa shape index (κ1) is 35.9. The normalized spacial score (nSPS) is 40.1. The third kappa shape index (κ3) is 5.58. The lowest BCUT2D eigenvalue weighted by molar-refractivity contribution is -0.219. The van der Waals surface area contributed by atoms with Crippen LogP contribution in [0.2, 0.25) is 0 Å². The number of hydrogen-bond acceptors (Lipinski definition) is 5. The van der Waals surface area contributed by atoms with Gasteiger partial charge in [0.15, 0.2) is 0 Å². The van der Waals surface area contributed by atoms with Gasteiger partial charge in [-0.15, -0.1) is 0 Å². The Morgan fingerprint density at radius 3 is 2.33 bits per heavy atom. The third-order valence-corrected chi connectivity index (χ3v) is 17.6. The van der Waals surface area contributed by atoms with E-state index in [2.05, 4.69) is 71.6 Å². The van der Waals surface area contributed by atoms with Crippen molar-refractivity contribution < 1.29 is 17.9 Å². The van der Waals surface area contributed by atoms with Crippen LogP contribution >= 0.6 is 0 Å². The summed E-state index contributed by atoms with van der Waals surface area (Å²) in [6.45, 7) is 23.1. The lowest BCUT2D eigenvalue weighted by atomic mass is 9.33. The van der Waals surface area contributed by atoms with Gasteiger partial charge in [-0.2, -0.15) is 0 Å². The number of benzene rings is 1. The Labute approximate surface area is 292 Å². The van der Waals surface area contributed by atoms with Crippen molar-refractivity contribution in [1.82, 2.24) is 5.32 Å². The van der Waals surface area contributed by atoms with E-state index in [-0.39, 0.29) is 27.2 Å². The lowest BCUT2D eigenvalue weighted by Crippen LogP contribution is -2.68. The van der Waals surface area contributed by atoms with Gasteiger partial charge in [-0.05, 0) is 159 Å². The molecule has 0 heterocycles. The number of carbonyl (C=O) groups is 1. The van der Waals surface area contributed by atoms with Crippen LogP contribution in [0.4, 0.5) is 0 Å². The van der Waals surface area contributed by atoms with Crippen LogP contribution in [0.25, 0.3) is 5.57 Å². The van der Waals surface area contributed by atoms with E-state index in [9.17, 15) is 13.2 Å². The van der Waals surface area contributed by atoms with Crippen molar-refractivity contribution >= 4 is 21.9 Å². The zero-order valence-corrected chi connectivity index (χ0v) is 31.8. The fraction of sp³-hybridized carbons (Fsp3) is 0.738. The van der Waals surface area contributed by atoms with Crippen molar-refractivity contribution in [3.05, 3.63) is 48.1 Å². The Morgan fingerprint density at radius 1 is 0.938 bits per heavy atom. The van der Waals surface area contributed by atoms with Crippen molar-refractivity contribution in [2.24, 2.45) is 51.2 Å². The number of sulfone groups is 1. The maximum Gasteiger partial charge on any atom is 0.298 e. The largest absolute Gasteiger partial charge is 0.429 e. The molecule has 5 aliphatic rings. The molecule has 0 saturated heterocycles. The summed E-state index contributed by atoms with van der Waals surface area (Å²) in [5.41, 5.74) is 4.97. The number of rotatable bonds is 11. The number of fused-ring (bicyclic) bond motifs is 7. The molecule has 4 fully saturated rings. The molecule has 4 saturated carbocycles. The topological polar surface area (TPSA) is 72.5 Å².